The summed E-state index contributed by atoms with van der Waals surface area (Å²) in [6, 6.07) is 94.5. The van der Waals surface area contributed by atoms with E-state index in [2.05, 4.69) is 176 Å². The van der Waals surface area contributed by atoms with E-state index in [1.165, 1.54) is 0 Å². The lowest BCUT2D eigenvalue weighted by Gasteiger charge is -2.46. The molecule has 6 nitrogen and oxygen atoms in total. The number of anilines is 6. The Kier molecular flexibility index (Phi) is 12.1. The maximum atomic E-state index is 10.1. The predicted octanol–water partition coefficient (Wildman–Crippen LogP) is 28.7. The van der Waals surface area contributed by atoms with Crippen LogP contribution in [0.4, 0.5) is 34.1 Å². The Bertz CT molecular complexity index is 8780. The van der Waals surface area contributed by atoms with Crippen molar-refractivity contribution in [3.63, 3.8) is 0 Å². The topological polar surface area (TPSA) is 42.6 Å². The lowest BCUT2D eigenvalue weighted by atomic mass is 9.33. The first-order valence-corrected chi connectivity index (χ1v) is 39.9. The molecule has 558 valence electrons. The third-order valence-electron chi connectivity index (χ3n) is 24.1. The molecule has 0 unspecified atom stereocenters. The Morgan fingerprint density at radius 1 is 0.277 bits per heavy atom. The van der Waals surface area contributed by atoms with Gasteiger partial charge in [0.05, 0.1) is 55.4 Å². The second kappa shape index (κ2) is 26.7. The van der Waals surface area contributed by atoms with Crippen molar-refractivity contribution >= 4 is 145 Å². The molecule has 0 saturated heterocycles. The summed E-state index contributed by atoms with van der Waals surface area (Å²) in [5.41, 5.74) is 20.5. The fourth-order valence-electron chi connectivity index (χ4n) is 18.8. The fraction of sp³-hybridized carbons (Fsp3) is 0.0357. The van der Waals surface area contributed by atoms with Crippen molar-refractivity contribution in [1.82, 2.24) is 9.13 Å². The van der Waals surface area contributed by atoms with E-state index in [1.54, 1.807) is 9.13 Å². The molecule has 6 heterocycles. The predicted molar refractivity (Wildman–Crippen MR) is 500 cm³/mol. The average molecular weight is 1540 g/mol. The highest BCUT2D eigenvalue weighted by Crippen LogP contribution is 2.58. The first kappa shape index (κ1) is 53.8. The van der Waals surface area contributed by atoms with Crippen molar-refractivity contribution in [2.24, 2.45) is 0 Å². The van der Waals surface area contributed by atoms with E-state index in [0.717, 1.165) is 105 Å². The Balaban J connectivity index is 0.936. The molecule has 7 heteroatoms. The Morgan fingerprint density at radius 3 is 1.16 bits per heavy atom. The van der Waals surface area contributed by atoms with Crippen LogP contribution in [0.2, 0.25) is 0 Å². The smallest absolute Gasteiger partial charge is 0.252 e. The number of hydrogen-bond acceptors (Lipinski definition) is 4. The van der Waals surface area contributed by atoms with Gasteiger partial charge in [-0.15, -0.1) is 0 Å². The summed E-state index contributed by atoms with van der Waals surface area (Å²) in [6.45, 7) is 5.65. The zero-order chi connectivity index (χ0) is 92.6. The molecule has 0 bridgehead atoms. The second-order valence-corrected chi connectivity index (χ2v) is 31.8. The van der Waals surface area contributed by atoms with E-state index >= 15 is 0 Å². The van der Waals surface area contributed by atoms with Gasteiger partial charge in [-0.3, -0.25) is 0 Å². The third kappa shape index (κ3) is 10.7. The molecule has 0 aliphatic carbocycles. The molecule has 119 heavy (non-hydrogen) atoms. The van der Waals surface area contributed by atoms with Crippen LogP contribution in [0.1, 0.15) is 48.3 Å². The molecule has 24 rings (SSSR count). The maximum absolute atomic E-state index is 10.1. The van der Waals surface area contributed by atoms with Crippen LogP contribution < -0.4 is 26.2 Å². The van der Waals surface area contributed by atoms with E-state index in [-0.39, 0.29) is 60.4 Å². The molecule has 2 aliphatic rings. The minimum absolute atomic E-state index is 0.0852. The van der Waals surface area contributed by atoms with Gasteiger partial charge in [0, 0.05) is 105 Å². The van der Waals surface area contributed by atoms with Gasteiger partial charge in [0.1, 0.15) is 22.3 Å². The molecule has 0 radical (unpaired) electrons. The van der Waals surface area contributed by atoms with E-state index < -0.39 is 103 Å². The highest BCUT2D eigenvalue weighted by molar-refractivity contribution is 7.00. The van der Waals surface area contributed by atoms with Crippen molar-refractivity contribution in [2.75, 3.05) is 9.80 Å². The number of para-hydroxylation sites is 7. The summed E-state index contributed by atoms with van der Waals surface area (Å²) in [6.07, 6.45) is 0. The molecule has 2 aliphatic heterocycles. The fourth-order valence-corrected chi connectivity index (χ4v) is 18.8. The highest BCUT2D eigenvalue weighted by Gasteiger charge is 2.47. The van der Waals surface area contributed by atoms with Crippen molar-refractivity contribution < 1.29 is 30.8 Å². The van der Waals surface area contributed by atoms with Crippen LogP contribution in [0, 0.1) is 0 Å². The van der Waals surface area contributed by atoms with E-state index in [0.29, 0.717) is 72.9 Å². The summed E-state index contributed by atoms with van der Waals surface area (Å²) in [4.78, 5) is 4.65. The maximum Gasteiger partial charge on any atom is 0.252 e. The lowest BCUT2D eigenvalue weighted by Crippen LogP contribution is -2.61. The molecular weight excluding hydrogens is 1440 g/mol. The van der Waals surface area contributed by atoms with E-state index in [9.17, 15) is 21.9 Å². The number of hydrogen-bond donors (Lipinski definition) is 0. The summed E-state index contributed by atoms with van der Waals surface area (Å²) >= 11 is 0. The van der Waals surface area contributed by atoms with Crippen LogP contribution in [0.3, 0.4) is 0 Å². The van der Waals surface area contributed by atoms with Crippen LogP contribution in [-0.4, -0.2) is 15.8 Å². The normalized spacial score (nSPS) is 14.5. The van der Waals surface area contributed by atoms with E-state index in [4.69, 9.17) is 8.83 Å². The molecule has 0 fully saturated rings. The minimum Gasteiger partial charge on any atom is -0.456 e. The summed E-state index contributed by atoms with van der Waals surface area (Å²) < 4.78 is 172. The highest BCUT2D eigenvalue weighted by atomic mass is 16.3. The first-order chi connectivity index (χ1) is 65.3. The second-order valence-electron chi connectivity index (χ2n) is 31.8. The van der Waals surface area contributed by atoms with Gasteiger partial charge in [-0.05, 0) is 180 Å². The summed E-state index contributed by atoms with van der Waals surface area (Å²) in [7, 11) is 0. The van der Waals surface area contributed by atoms with Crippen LogP contribution >= 0.6 is 0 Å². The quantitative estimate of drug-likeness (QED) is 0.121. The molecular formula is C112H75BN4O2. The molecule has 4 aromatic heterocycles. The Hall–Kier alpha value is -15.2. The van der Waals surface area contributed by atoms with Crippen LogP contribution in [-0.2, 0) is 5.41 Å². The van der Waals surface area contributed by atoms with E-state index in [1.807, 2.05) is 158 Å². The molecule has 0 atom stereocenters. The molecule has 0 spiro atoms. The Labute approximate surface area is 711 Å². The van der Waals surface area contributed by atoms with Gasteiger partial charge in [0.15, 0.2) is 0 Å². The number of nitrogens with zero attached hydrogens (tertiary/aromatic N) is 4. The van der Waals surface area contributed by atoms with Gasteiger partial charge < -0.3 is 27.8 Å². The van der Waals surface area contributed by atoms with Crippen molar-refractivity contribution in [2.45, 2.75) is 26.2 Å². The number of benzene rings is 18. The molecule has 22 aromatic rings. The van der Waals surface area contributed by atoms with Crippen LogP contribution in [0.25, 0.3) is 177 Å². The van der Waals surface area contributed by atoms with Crippen molar-refractivity contribution in [3.8, 4) is 89.3 Å². The monoisotopic (exact) mass is 1530 g/mol. The number of rotatable bonds is 11. The summed E-state index contributed by atoms with van der Waals surface area (Å²) in [5, 5.41) is 3.03. The van der Waals surface area contributed by atoms with Crippen LogP contribution in [0.5, 0.6) is 0 Å². The van der Waals surface area contributed by atoms with Gasteiger partial charge in [-0.2, -0.15) is 0 Å². The Morgan fingerprint density at radius 2 is 0.664 bits per heavy atom. The zero-order valence-corrected chi connectivity index (χ0v) is 64.6. The number of aromatic nitrogens is 2. The average Bonchev–Trinajstić information content (AvgIpc) is 1.35. The zero-order valence-electron chi connectivity index (χ0n) is 80.6. The van der Waals surface area contributed by atoms with Crippen molar-refractivity contribution in [1.29, 1.82) is 0 Å². The van der Waals surface area contributed by atoms with Crippen molar-refractivity contribution in [3.05, 3.63) is 406 Å². The SMILES string of the molecule is [2H]c1c([2H])c([2H])c2c(c1[2H])c1c([2H])c([2H])c([2H])c([2H])c1n2-c1ccc2c(c1)N(c1c(-c3ccccc3)cc(-c3ccccc3)cc1-c1cccc3c1oc1ccccc13)c1cc(-c3ccc(C(C)(C)C)cc3)cc3c1B2c1ccc(-n2c4c([2H])c([2H])c([2H])c([2H])c4c4c([2H])c([2H])c([2H])c([2H])c42)cc1N3c1c(-c2ccccc2)cc(-c2ccccc2)cc1-c1cccc2oc3ccccc3c12. The standard InChI is InChI=1S/C112H75BN4O2/c1-112(2,3)78-56-54-72(55-57-78)77-66-102-108-103(67-77)117(110-91(74-36-14-7-15-37-74)63-76(71-32-10-5-11-33-71)65-93(110)88-46-28-45-87-85-42-20-26-51-104(85)119-111(87)88)101-69-80(115-98-49-24-18-40-83(98)84-41-19-25-50-99(84)115)59-61-95(101)113(108)94-60-58-79(114-96-47-22-16-38-81(96)82-39-17-23-48-97(82)114)68-100(94)116(102)109-90(73-34-12-6-13-35-73)62-75(70-30-8-4-9-31-70)64-92(109)86-44-29-53-106-107(86)89-43-21-27-52-105(89)118-106/h4-69H,1-3H3/i16D,17D,18D,19D,22D,23D,24D,25D,38D,39D,40D,41D,47D,48D,49D,50D. The molecule has 0 amide bonds. The van der Waals surface area contributed by atoms with Gasteiger partial charge >= 0.3 is 0 Å². The third-order valence-corrected chi connectivity index (χ3v) is 24.1. The largest absolute Gasteiger partial charge is 0.456 e. The molecule has 0 N–H and O–H groups in total. The molecule has 0 saturated carbocycles. The number of furan rings is 2. The van der Waals surface area contributed by atoms with Gasteiger partial charge in [0.25, 0.3) is 6.71 Å². The first-order valence-electron chi connectivity index (χ1n) is 47.9. The minimum atomic E-state index is -0.895. The van der Waals surface area contributed by atoms with Crippen LogP contribution in [0.15, 0.2) is 409 Å². The molecule has 18 aromatic carbocycles. The van der Waals surface area contributed by atoms with Gasteiger partial charge in [-0.1, -0.05) is 318 Å². The van der Waals surface area contributed by atoms with Gasteiger partial charge in [-0.25, -0.2) is 0 Å². The van der Waals surface area contributed by atoms with Gasteiger partial charge in [0.2, 0.25) is 0 Å². The summed E-state index contributed by atoms with van der Waals surface area (Å²) in [5.74, 6) is 0. The number of fused-ring (bicyclic) bond motifs is 16. The lowest BCUT2D eigenvalue weighted by molar-refractivity contribution is 0.590.